The highest BCUT2D eigenvalue weighted by atomic mass is 35.5. The Hall–Kier alpha value is -1.87. The van der Waals surface area contributed by atoms with Gasteiger partial charge in [-0.05, 0) is 23.6 Å². The quantitative estimate of drug-likeness (QED) is 0.755. The summed E-state index contributed by atoms with van der Waals surface area (Å²) < 4.78 is 6.06. The number of fused-ring (bicyclic) bond motifs is 1. The standard InChI is InChI=1S/C21H24ClNO2/c1-12(2)19(24)18-11-17-20(25-18)15(21(3,4)5)10-16(23-17)13-6-8-14(22)9-7-13/h6-10,12,18H,11H2,1-5H3. The number of nitrogens with zero attached hydrogens (tertiary/aromatic N) is 1. The second kappa shape index (κ2) is 6.45. The molecule has 0 saturated heterocycles. The summed E-state index contributed by atoms with van der Waals surface area (Å²) in [6.45, 7) is 10.3. The first-order chi connectivity index (χ1) is 11.7. The molecule has 1 atom stereocenters. The third-order valence-corrected chi connectivity index (χ3v) is 4.77. The van der Waals surface area contributed by atoms with Crippen molar-refractivity contribution in [3.63, 3.8) is 0 Å². The molecule has 132 valence electrons. The molecule has 0 aliphatic carbocycles. The van der Waals surface area contributed by atoms with Gasteiger partial charge in [-0.15, -0.1) is 0 Å². The van der Waals surface area contributed by atoms with Crippen molar-refractivity contribution >= 4 is 17.4 Å². The van der Waals surface area contributed by atoms with Gasteiger partial charge in [0.05, 0.1) is 11.4 Å². The molecule has 0 bridgehead atoms. The van der Waals surface area contributed by atoms with E-state index < -0.39 is 6.10 Å². The molecule has 1 aromatic carbocycles. The van der Waals surface area contributed by atoms with E-state index >= 15 is 0 Å². The van der Waals surface area contributed by atoms with Gasteiger partial charge < -0.3 is 4.74 Å². The summed E-state index contributed by atoms with van der Waals surface area (Å²) in [4.78, 5) is 17.2. The van der Waals surface area contributed by atoms with Gasteiger partial charge in [-0.2, -0.15) is 0 Å². The number of carbonyl (C=O) groups excluding carboxylic acids is 1. The Labute approximate surface area is 154 Å². The number of carbonyl (C=O) groups is 1. The number of ether oxygens (including phenoxy) is 1. The zero-order chi connectivity index (χ0) is 18.4. The van der Waals surface area contributed by atoms with Crippen LogP contribution >= 0.6 is 11.6 Å². The zero-order valence-corrected chi connectivity index (χ0v) is 16.1. The molecule has 1 aliphatic heterocycles. The van der Waals surface area contributed by atoms with Crippen LogP contribution in [0.2, 0.25) is 5.02 Å². The van der Waals surface area contributed by atoms with E-state index in [2.05, 4.69) is 26.8 Å². The minimum atomic E-state index is -0.427. The second-order valence-electron chi connectivity index (χ2n) is 7.96. The largest absolute Gasteiger partial charge is 0.480 e. The molecule has 0 spiro atoms. The summed E-state index contributed by atoms with van der Waals surface area (Å²) in [5.41, 5.74) is 3.75. The maximum absolute atomic E-state index is 12.4. The van der Waals surface area contributed by atoms with E-state index in [1.165, 1.54) is 0 Å². The lowest BCUT2D eigenvalue weighted by Crippen LogP contribution is -2.29. The van der Waals surface area contributed by atoms with Gasteiger partial charge in [-0.3, -0.25) is 4.79 Å². The molecule has 0 fully saturated rings. The predicted octanol–water partition coefficient (Wildman–Crippen LogP) is 5.23. The number of pyridine rings is 1. The first-order valence-electron chi connectivity index (χ1n) is 8.67. The number of halogens is 1. The van der Waals surface area contributed by atoms with Crippen molar-refractivity contribution in [1.82, 2.24) is 4.98 Å². The van der Waals surface area contributed by atoms with Crippen LogP contribution < -0.4 is 4.74 Å². The molecule has 1 unspecified atom stereocenters. The number of hydrogen-bond acceptors (Lipinski definition) is 3. The Balaban J connectivity index is 2.08. The predicted molar refractivity (Wildman–Crippen MR) is 101 cm³/mol. The Kier molecular flexibility index (Phi) is 4.63. The minimum Gasteiger partial charge on any atom is -0.480 e. The number of benzene rings is 1. The molecule has 1 aliphatic rings. The number of ketones is 1. The van der Waals surface area contributed by atoms with Crippen molar-refractivity contribution in [3.05, 3.63) is 46.6 Å². The van der Waals surface area contributed by atoms with Gasteiger partial charge in [0.1, 0.15) is 5.75 Å². The first-order valence-corrected chi connectivity index (χ1v) is 9.05. The molecule has 3 nitrogen and oxygen atoms in total. The minimum absolute atomic E-state index is 0.0480. The fourth-order valence-corrected chi connectivity index (χ4v) is 3.20. The fraction of sp³-hybridized carbons (Fsp3) is 0.429. The molecule has 2 aromatic rings. The topological polar surface area (TPSA) is 39.2 Å². The van der Waals surface area contributed by atoms with Crippen LogP contribution in [0.4, 0.5) is 0 Å². The molecule has 0 radical (unpaired) electrons. The molecule has 0 saturated carbocycles. The smallest absolute Gasteiger partial charge is 0.176 e. The van der Waals surface area contributed by atoms with Crippen LogP contribution in [0.1, 0.15) is 45.9 Å². The van der Waals surface area contributed by atoms with Crippen LogP contribution in [-0.2, 0) is 16.6 Å². The molecule has 4 heteroatoms. The lowest BCUT2D eigenvalue weighted by molar-refractivity contribution is -0.128. The van der Waals surface area contributed by atoms with Gasteiger partial charge in [0, 0.05) is 28.5 Å². The van der Waals surface area contributed by atoms with E-state index in [0.717, 1.165) is 28.3 Å². The number of Topliss-reactive ketones (excluding diaryl/α,β-unsaturated/α-hetero) is 1. The second-order valence-corrected chi connectivity index (χ2v) is 8.39. The zero-order valence-electron chi connectivity index (χ0n) is 15.4. The lowest BCUT2D eigenvalue weighted by Gasteiger charge is -2.23. The van der Waals surface area contributed by atoms with Crippen LogP contribution in [0.25, 0.3) is 11.3 Å². The number of hydrogen-bond donors (Lipinski definition) is 0. The summed E-state index contributed by atoms with van der Waals surface area (Å²) in [7, 11) is 0. The van der Waals surface area contributed by atoms with Crippen LogP contribution in [0, 0.1) is 5.92 Å². The average Bonchev–Trinajstić information content (AvgIpc) is 2.96. The van der Waals surface area contributed by atoms with Gasteiger partial charge in [0.25, 0.3) is 0 Å². The van der Waals surface area contributed by atoms with Crippen molar-refractivity contribution in [2.24, 2.45) is 5.92 Å². The van der Waals surface area contributed by atoms with Gasteiger partial charge >= 0.3 is 0 Å². The summed E-state index contributed by atoms with van der Waals surface area (Å²) in [6, 6.07) is 9.74. The fourth-order valence-electron chi connectivity index (χ4n) is 3.07. The SMILES string of the molecule is CC(C)C(=O)C1Cc2nc(-c3ccc(Cl)cc3)cc(C(C)(C)C)c2O1. The molecule has 1 aromatic heterocycles. The van der Waals surface area contributed by atoms with E-state index in [4.69, 9.17) is 21.3 Å². The van der Waals surface area contributed by atoms with Gasteiger partial charge in [0.15, 0.2) is 11.9 Å². The van der Waals surface area contributed by atoms with Crippen molar-refractivity contribution in [3.8, 4) is 17.0 Å². The normalized spacial score (nSPS) is 16.7. The molecule has 0 N–H and O–H groups in total. The van der Waals surface area contributed by atoms with E-state index in [9.17, 15) is 4.79 Å². The van der Waals surface area contributed by atoms with Crippen LogP contribution in [-0.4, -0.2) is 16.9 Å². The van der Waals surface area contributed by atoms with Crippen molar-refractivity contribution < 1.29 is 9.53 Å². The molecular weight excluding hydrogens is 334 g/mol. The van der Waals surface area contributed by atoms with E-state index in [1.54, 1.807) is 0 Å². The molecular formula is C21H24ClNO2. The number of aromatic nitrogens is 1. The number of rotatable bonds is 3. The first kappa shape index (κ1) is 17.9. The Morgan fingerprint density at radius 2 is 1.88 bits per heavy atom. The molecule has 25 heavy (non-hydrogen) atoms. The monoisotopic (exact) mass is 357 g/mol. The summed E-state index contributed by atoms with van der Waals surface area (Å²) >= 11 is 6.00. The van der Waals surface area contributed by atoms with Crippen LogP contribution in [0.15, 0.2) is 30.3 Å². The lowest BCUT2D eigenvalue weighted by atomic mass is 9.85. The maximum atomic E-state index is 12.4. The highest BCUT2D eigenvalue weighted by Crippen LogP contribution is 2.41. The van der Waals surface area contributed by atoms with E-state index in [-0.39, 0.29) is 17.1 Å². The summed E-state index contributed by atoms with van der Waals surface area (Å²) in [5, 5.41) is 0.701. The van der Waals surface area contributed by atoms with E-state index in [1.807, 2.05) is 38.1 Å². The average molecular weight is 358 g/mol. The Bertz CT molecular complexity index is 804. The van der Waals surface area contributed by atoms with Crippen molar-refractivity contribution in [1.29, 1.82) is 0 Å². The van der Waals surface area contributed by atoms with Gasteiger partial charge in [-0.25, -0.2) is 4.98 Å². The highest BCUT2D eigenvalue weighted by molar-refractivity contribution is 6.30. The Morgan fingerprint density at radius 1 is 1.24 bits per heavy atom. The van der Waals surface area contributed by atoms with Gasteiger partial charge in [-0.1, -0.05) is 58.4 Å². The van der Waals surface area contributed by atoms with Gasteiger partial charge in [0.2, 0.25) is 0 Å². The Morgan fingerprint density at radius 3 is 2.44 bits per heavy atom. The van der Waals surface area contributed by atoms with E-state index in [0.29, 0.717) is 11.4 Å². The molecule has 3 rings (SSSR count). The highest BCUT2D eigenvalue weighted by Gasteiger charge is 2.36. The summed E-state index contributed by atoms with van der Waals surface area (Å²) in [5.74, 6) is 0.864. The third-order valence-electron chi connectivity index (χ3n) is 4.52. The molecule has 2 heterocycles. The molecule has 0 amide bonds. The summed E-state index contributed by atoms with van der Waals surface area (Å²) in [6.07, 6.45) is 0.112. The third kappa shape index (κ3) is 3.57. The van der Waals surface area contributed by atoms with Crippen LogP contribution in [0.3, 0.4) is 0 Å². The van der Waals surface area contributed by atoms with Crippen LogP contribution in [0.5, 0.6) is 5.75 Å². The van der Waals surface area contributed by atoms with Crippen molar-refractivity contribution in [2.45, 2.75) is 52.6 Å². The van der Waals surface area contributed by atoms with Crippen molar-refractivity contribution in [2.75, 3.05) is 0 Å². The maximum Gasteiger partial charge on any atom is 0.176 e.